The Morgan fingerprint density at radius 1 is 0.884 bits per heavy atom. The second-order valence-electron chi connectivity index (χ2n) is 11.8. The molecule has 0 unspecified atom stereocenters. The van der Waals surface area contributed by atoms with Crippen LogP contribution in [0.4, 0.5) is 10.5 Å². The Balaban J connectivity index is 1.94. The number of nitrogens with two attached hydrogens (primary N) is 1. The van der Waals surface area contributed by atoms with E-state index >= 15 is 0 Å². The van der Waals surface area contributed by atoms with Crippen molar-refractivity contribution >= 4 is 41.1 Å². The van der Waals surface area contributed by atoms with Gasteiger partial charge >= 0.3 is 6.03 Å². The number of nitrogens with one attached hydrogen (secondary N) is 3. The minimum Gasteiger partial charge on any atom is -0.352 e. The molecule has 0 saturated heterocycles. The minimum absolute atomic E-state index is 0.0666. The zero-order chi connectivity index (χ0) is 31.9. The van der Waals surface area contributed by atoms with Crippen molar-refractivity contribution in [3.63, 3.8) is 0 Å². The fraction of sp³-hybridized carbons (Fsp3) is 0.562. The maximum atomic E-state index is 13.4. The van der Waals surface area contributed by atoms with Gasteiger partial charge in [-0.05, 0) is 61.6 Å². The standard InChI is InChI=1S/C32H47N5O6/c1-21(2)19-23-11-13-25(14-12-23)35-31(42)24(9-8-17-34-32(33)43)20-26(38)30(22(3)4)36-27(39)10-6-5-7-18-37-28(40)15-16-29(37)41/h11-16,21-22,24,30H,5-10,17-20H2,1-4H3,(H,35,42)(H,36,39)(H3,33,34,43)/t24-,30-/m1/s1. The van der Waals surface area contributed by atoms with Gasteiger partial charge in [-0.25, -0.2) is 4.79 Å². The third-order valence-corrected chi connectivity index (χ3v) is 7.23. The number of amides is 6. The number of hydrogen-bond acceptors (Lipinski definition) is 6. The van der Waals surface area contributed by atoms with E-state index in [2.05, 4.69) is 29.8 Å². The average molecular weight is 598 g/mol. The van der Waals surface area contributed by atoms with E-state index in [0.717, 1.165) is 6.42 Å². The molecule has 236 valence electrons. The van der Waals surface area contributed by atoms with Crippen LogP contribution in [-0.4, -0.2) is 59.5 Å². The summed E-state index contributed by atoms with van der Waals surface area (Å²) in [6, 6.07) is 6.22. The molecular weight excluding hydrogens is 550 g/mol. The number of benzene rings is 1. The molecule has 1 aliphatic rings. The van der Waals surface area contributed by atoms with Crippen LogP contribution in [0.2, 0.25) is 0 Å². The first-order valence-corrected chi connectivity index (χ1v) is 15.2. The highest BCUT2D eigenvalue weighted by molar-refractivity contribution is 6.12. The van der Waals surface area contributed by atoms with E-state index in [-0.39, 0.29) is 54.7 Å². The first kappa shape index (κ1) is 35.2. The number of hydrogen-bond donors (Lipinski definition) is 4. The molecule has 0 bridgehead atoms. The number of carbonyl (C=O) groups excluding carboxylic acids is 6. The lowest BCUT2D eigenvalue weighted by Crippen LogP contribution is -2.45. The lowest BCUT2D eigenvalue weighted by atomic mass is 9.89. The molecule has 0 spiro atoms. The molecule has 11 heteroatoms. The van der Waals surface area contributed by atoms with Gasteiger partial charge in [-0.1, -0.05) is 46.2 Å². The highest BCUT2D eigenvalue weighted by Gasteiger charge is 2.29. The van der Waals surface area contributed by atoms with Crippen LogP contribution in [-0.2, 0) is 30.4 Å². The average Bonchev–Trinajstić information content (AvgIpc) is 3.25. The number of rotatable bonds is 19. The second-order valence-corrected chi connectivity index (χ2v) is 11.8. The Kier molecular flexibility index (Phi) is 14.6. The summed E-state index contributed by atoms with van der Waals surface area (Å²) in [7, 11) is 0. The van der Waals surface area contributed by atoms with Crippen molar-refractivity contribution in [2.24, 2.45) is 23.5 Å². The molecule has 1 aromatic rings. The monoisotopic (exact) mass is 597 g/mol. The van der Waals surface area contributed by atoms with Crippen molar-refractivity contribution in [1.29, 1.82) is 0 Å². The van der Waals surface area contributed by atoms with Gasteiger partial charge in [0.2, 0.25) is 11.8 Å². The molecule has 0 aromatic heterocycles. The van der Waals surface area contributed by atoms with Gasteiger partial charge in [0, 0.05) is 49.7 Å². The molecule has 1 heterocycles. The van der Waals surface area contributed by atoms with E-state index in [1.165, 1.54) is 22.6 Å². The third kappa shape index (κ3) is 12.8. The van der Waals surface area contributed by atoms with Gasteiger partial charge < -0.3 is 21.7 Å². The number of anilines is 1. The van der Waals surface area contributed by atoms with Crippen LogP contribution in [0.15, 0.2) is 36.4 Å². The first-order valence-electron chi connectivity index (χ1n) is 15.2. The normalized spacial score (nSPS) is 14.2. The number of Topliss-reactive ketones (excluding diaryl/α,β-unsaturated/α-hetero) is 1. The molecule has 1 aliphatic heterocycles. The van der Waals surface area contributed by atoms with Gasteiger partial charge in [-0.2, -0.15) is 0 Å². The first-order chi connectivity index (χ1) is 20.4. The third-order valence-electron chi connectivity index (χ3n) is 7.23. The quantitative estimate of drug-likeness (QED) is 0.141. The summed E-state index contributed by atoms with van der Waals surface area (Å²) >= 11 is 0. The van der Waals surface area contributed by atoms with Crippen LogP contribution in [0.5, 0.6) is 0 Å². The van der Waals surface area contributed by atoms with E-state index in [1.807, 2.05) is 38.1 Å². The SMILES string of the molecule is CC(C)Cc1ccc(NC(=O)[C@H](CCCNC(N)=O)CC(=O)[C@H](NC(=O)CCCCCN2C(=O)C=CC2=O)C(C)C)cc1. The highest BCUT2D eigenvalue weighted by Crippen LogP contribution is 2.20. The Morgan fingerprint density at radius 3 is 2.12 bits per heavy atom. The largest absolute Gasteiger partial charge is 0.352 e. The summed E-state index contributed by atoms with van der Waals surface area (Å²) in [4.78, 5) is 74.9. The number of carbonyl (C=O) groups is 6. The second kappa shape index (κ2) is 17.8. The minimum atomic E-state index is -0.757. The Bertz CT molecular complexity index is 1140. The number of nitrogens with zero attached hydrogens (tertiary/aromatic N) is 1. The lowest BCUT2D eigenvalue weighted by Gasteiger charge is -2.24. The van der Waals surface area contributed by atoms with Crippen molar-refractivity contribution in [3.05, 3.63) is 42.0 Å². The molecule has 5 N–H and O–H groups in total. The molecule has 2 rings (SSSR count). The van der Waals surface area contributed by atoms with Gasteiger partial charge in [0.25, 0.3) is 11.8 Å². The number of ketones is 1. The van der Waals surface area contributed by atoms with Crippen molar-refractivity contribution in [3.8, 4) is 0 Å². The van der Waals surface area contributed by atoms with Crippen LogP contribution in [0, 0.1) is 17.8 Å². The predicted molar refractivity (Wildman–Crippen MR) is 165 cm³/mol. The molecule has 6 amide bonds. The molecular formula is C32H47N5O6. The van der Waals surface area contributed by atoms with Crippen molar-refractivity contribution in [2.45, 2.75) is 85.1 Å². The van der Waals surface area contributed by atoms with Gasteiger partial charge in [-0.15, -0.1) is 0 Å². The van der Waals surface area contributed by atoms with Crippen LogP contribution in [0.25, 0.3) is 0 Å². The molecule has 0 saturated carbocycles. The summed E-state index contributed by atoms with van der Waals surface area (Å²) in [6.45, 7) is 8.54. The predicted octanol–water partition coefficient (Wildman–Crippen LogP) is 3.47. The molecule has 0 radical (unpaired) electrons. The van der Waals surface area contributed by atoms with Crippen LogP contribution in [0.3, 0.4) is 0 Å². The number of imide groups is 1. The van der Waals surface area contributed by atoms with E-state index < -0.39 is 18.0 Å². The van der Waals surface area contributed by atoms with Gasteiger partial charge in [0.15, 0.2) is 5.78 Å². The molecule has 2 atom stereocenters. The number of urea groups is 1. The fourth-order valence-electron chi connectivity index (χ4n) is 4.94. The molecule has 11 nitrogen and oxygen atoms in total. The van der Waals surface area contributed by atoms with Crippen LogP contribution < -0.4 is 21.7 Å². The summed E-state index contributed by atoms with van der Waals surface area (Å²) < 4.78 is 0. The van der Waals surface area contributed by atoms with Crippen LogP contribution in [0.1, 0.15) is 78.2 Å². The smallest absolute Gasteiger partial charge is 0.312 e. The fourth-order valence-corrected chi connectivity index (χ4v) is 4.94. The van der Waals surface area contributed by atoms with E-state index in [0.29, 0.717) is 50.3 Å². The molecule has 43 heavy (non-hydrogen) atoms. The summed E-state index contributed by atoms with van der Waals surface area (Å²) in [5.74, 6) is -1.80. The number of primary amides is 1. The van der Waals surface area contributed by atoms with E-state index in [9.17, 15) is 28.8 Å². The maximum Gasteiger partial charge on any atom is 0.312 e. The summed E-state index contributed by atoms with van der Waals surface area (Å²) in [6.07, 6.45) is 6.12. The Hall–Kier alpha value is -4.02. The maximum absolute atomic E-state index is 13.4. The zero-order valence-electron chi connectivity index (χ0n) is 25.8. The van der Waals surface area contributed by atoms with Crippen molar-refractivity contribution in [1.82, 2.24) is 15.5 Å². The van der Waals surface area contributed by atoms with Gasteiger partial charge in [0.05, 0.1) is 6.04 Å². The molecule has 1 aromatic carbocycles. The topological polar surface area (TPSA) is 168 Å². The van der Waals surface area contributed by atoms with Gasteiger partial charge in [0.1, 0.15) is 0 Å². The highest BCUT2D eigenvalue weighted by atomic mass is 16.2. The van der Waals surface area contributed by atoms with Gasteiger partial charge in [-0.3, -0.25) is 28.9 Å². The Morgan fingerprint density at radius 2 is 1.53 bits per heavy atom. The molecule has 0 fully saturated rings. The summed E-state index contributed by atoms with van der Waals surface area (Å²) in [5.41, 5.74) is 6.95. The van der Waals surface area contributed by atoms with E-state index in [1.54, 1.807) is 0 Å². The lowest BCUT2D eigenvalue weighted by molar-refractivity contribution is -0.137. The van der Waals surface area contributed by atoms with E-state index in [4.69, 9.17) is 5.73 Å². The van der Waals surface area contributed by atoms with Crippen LogP contribution >= 0.6 is 0 Å². The zero-order valence-corrected chi connectivity index (χ0v) is 25.8. The molecule has 0 aliphatic carbocycles. The van der Waals surface area contributed by atoms with Crippen molar-refractivity contribution in [2.75, 3.05) is 18.4 Å². The van der Waals surface area contributed by atoms with Crippen molar-refractivity contribution < 1.29 is 28.8 Å². The Labute approximate surface area is 254 Å². The number of unbranched alkanes of at least 4 members (excludes halogenated alkanes) is 2. The summed E-state index contributed by atoms with van der Waals surface area (Å²) in [5, 5.41) is 8.26.